The molecule has 0 N–H and O–H groups in total. The highest BCUT2D eigenvalue weighted by Gasteiger charge is 2.30. The molecule has 0 aromatic heterocycles. The van der Waals surface area contributed by atoms with Gasteiger partial charge in [0.15, 0.2) is 5.78 Å². The maximum atomic E-state index is 12.8. The van der Waals surface area contributed by atoms with Crippen molar-refractivity contribution in [2.24, 2.45) is 0 Å². The van der Waals surface area contributed by atoms with Crippen LogP contribution < -0.4 is 4.74 Å². The van der Waals surface area contributed by atoms with Crippen LogP contribution in [0.25, 0.3) is 0 Å². The SMILES string of the molecule is CCC(=O)c1ccc(OC(=O)c2ccc(Cl)c(S(=O)(=O)N3CCCC3)c2)cc1. The van der Waals surface area contributed by atoms with Crippen molar-refractivity contribution in [1.29, 1.82) is 0 Å². The molecule has 2 aromatic carbocycles. The summed E-state index contributed by atoms with van der Waals surface area (Å²) in [4.78, 5) is 24.0. The third kappa shape index (κ3) is 4.27. The Balaban J connectivity index is 1.82. The van der Waals surface area contributed by atoms with Crippen LogP contribution in [0.4, 0.5) is 0 Å². The lowest BCUT2D eigenvalue weighted by Crippen LogP contribution is -2.28. The van der Waals surface area contributed by atoms with Crippen molar-refractivity contribution < 1.29 is 22.7 Å². The summed E-state index contributed by atoms with van der Waals surface area (Å²) in [5.41, 5.74) is 0.615. The minimum atomic E-state index is -3.76. The van der Waals surface area contributed by atoms with Gasteiger partial charge in [-0.15, -0.1) is 0 Å². The fourth-order valence-corrected chi connectivity index (χ4v) is 4.99. The molecule has 148 valence electrons. The highest BCUT2D eigenvalue weighted by Crippen LogP contribution is 2.28. The van der Waals surface area contributed by atoms with Crippen molar-refractivity contribution in [3.8, 4) is 5.75 Å². The molecule has 0 atom stereocenters. The molecule has 6 nitrogen and oxygen atoms in total. The van der Waals surface area contributed by atoms with E-state index in [9.17, 15) is 18.0 Å². The summed E-state index contributed by atoms with van der Waals surface area (Å²) < 4.78 is 32.2. The molecule has 8 heteroatoms. The van der Waals surface area contributed by atoms with Crippen molar-refractivity contribution in [3.63, 3.8) is 0 Å². The largest absolute Gasteiger partial charge is 0.423 e. The zero-order valence-electron chi connectivity index (χ0n) is 15.4. The molecule has 1 aliphatic rings. The average molecular weight is 422 g/mol. The van der Waals surface area contributed by atoms with Crippen molar-refractivity contribution in [2.75, 3.05) is 13.1 Å². The van der Waals surface area contributed by atoms with Gasteiger partial charge in [-0.3, -0.25) is 4.79 Å². The van der Waals surface area contributed by atoms with Crippen LogP contribution in [0, 0.1) is 0 Å². The topological polar surface area (TPSA) is 80.8 Å². The maximum absolute atomic E-state index is 12.8. The zero-order chi connectivity index (χ0) is 20.3. The number of ether oxygens (including phenoxy) is 1. The molecule has 0 aliphatic carbocycles. The fraction of sp³-hybridized carbons (Fsp3) is 0.300. The van der Waals surface area contributed by atoms with Crippen molar-refractivity contribution in [3.05, 3.63) is 58.6 Å². The van der Waals surface area contributed by atoms with E-state index in [-0.39, 0.29) is 27.0 Å². The molecule has 3 rings (SSSR count). The Bertz CT molecular complexity index is 996. The number of rotatable bonds is 6. The van der Waals surface area contributed by atoms with E-state index in [1.165, 1.54) is 34.6 Å². The zero-order valence-corrected chi connectivity index (χ0v) is 16.9. The second-order valence-electron chi connectivity index (χ2n) is 6.45. The second kappa shape index (κ2) is 8.43. The summed E-state index contributed by atoms with van der Waals surface area (Å²) in [6.45, 7) is 2.65. The van der Waals surface area contributed by atoms with Crippen LogP contribution in [0.1, 0.15) is 46.9 Å². The number of benzene rings is 2. The van der Waals surface area contributed by atoms with Crippen LogP contribution in [0.2, 0.25) is 5.02 Å². The number of Topliss-reactive ketones (excluding diaryl/α,β-unsaturated/α-hetero) is 1. The normalized spacial score (nSPS) is 14.8. The summed E-state index contributed by atoms with van der Waals surface area (Å²) in [7, 11) is -3.76. The Kier molecular flexibility index (Phi) is 6.17. The van der Waals surface area contributed by atoms with E-state index in [1.807, 2.05) is 0 Å². The minimum Gasteiger partial charge on any atom is -0.423 e. The van der Waals surface area contributed by atoms with Crippen LogP contribution in [0.5, 0.6) is 5.75 Å². The molecule has 0 bridgehead atoms. The minimum absolute atomic E-state index is 0.00709. The molecule has 0 unspecified atom stereocenters. The van der Waals surface area contributed by atoms with Crippen molar-refractivity contribution in [2.45, 2.75) is 31.1 Å². The monoisotopic (exact) mass is 421 g/mol. The molecular weight excluding hydrogens is 402 g/mol. The number of nitrogens with zero attached hydrogens (tertiary/aromatic N) is 1. The number of halogens is 1. The van der Waals surface area contributed by atoms with E-state index in [4.69, 9.17) is 16.3 Å². The first-order valence-electron chi connectivity index (χ1n) is 8.98. The van der Waals surface area contributed by atoms with Gasteiger partial charge in [0.25, 0.3) is 0 Å². The highest BCUT2D eigenvalue weighted by molar-refractivity contribution is 7.89. The smallest absolute Gasteiger partial charge is 0.343 e. The van der Waals surface area contributed by atoms with Crippen LogP contribution in [0.15, 0.2) is 47.4 Å². The fourth-order valence-electron chi connectivity index (χ4n) is 2.97. The first kappa shape index (κ1) is 20.5. The lowest BCUT2D eigenvalue weighted by Gasteiger charge is -2.17. The molecule has 0 radical (unpaired) electrons. The molecule has 0 amide bonds. The Morgan fingerprint density at radius 1 is 1.04 bits per heavy atom. The first-order valence-corrected chi connectivity index (χ1v) is 10.8. The van der Waals surface area contributed by atoms with Crippen molar-refractivity contribution >= 4 is 33.4 Å². The Morgan fingerprint density at radius 2 is 1.64 bits per heavy atom. The number of sulfonamides is 1. The van der Waals surface area contributed by atoms with Crippen molar-refractivity contribution in [1.82, 2.24) is 4.31 Å². The summed E-state index contributed by atoms with van der Waals surface area (Å²) in [5, 5.41) is 0.0610. The number of hydrogen-bond donors (Lipinski definition) is 0. The number of ketones is 1. The molecule has 1 fully saturated rings. The van der Waals surface area contributed by atoms with E-state index in [2.05, 4.69) is 0 Å². The van der Waals surface area contributed by atoms with E-state index in [1.54, 1.807) is 19.1 Å². The lowest BCUT2D eigenvalue weighted by atomic mass is 10.1. The van der Waals surface area contributed by atoms with Crippen LogP contribution in [-0.2, 0) is 10.0 Å². The quantitative estimate of drug-likeness (QED) is 0.401. The van der Waals surface area contributed by atoms with Gasteiger partial charge in [0.2, 0.25) is 10.0 Å². The molecule has 1 heterocycles. The number of esters is 1. The molecular formula is C20H20ClNO5S. The van der Waals surface area contributed by atoms with Gasteiger partial charge in [0.1, 0.15) is 10.6 Å². The number of hydrogen-bond acceptors (Lipinski definition) is 5. The van der Waals surface area contributed by atoms with Gasteiger partial charge < -0.3 is 4.74 Å². The van der Waals surface area contributed by atoms with Gasteiger partial charge >= 0.3 is 5.97 Å². The number of carbonyl (C=O) groups excluding carboxylic acids is 2. The molecule has 0 saturated carbocycles. The molecule has 1 saturated heterocycles. The Hall–Kier alpha value is -2.22. The third-order valence-electron chi connectivity index (χ3n) is 4.56. The average Bonchev–Trinajstić information content (AvgIpc) is 3.24. The summed E-state index contributed by atoms with van der Waals surface area (Å²) >= 11 is 6.09. The van der Waals surface area contributed by atoms with Gasteiger partial charge in [-0.25, -0.2) is 13.2 Å². The Morgan fingerprint density at radius 3 is 2.25 bits per heavy atom. The second-order valence-corrected chi connectivity index (χ2v) is 8.76. The first-order chi connectivity index (χ1) is 13.3. The van der Waals surface area contributed by atoms with Gasteiger partial charge in [0, 0.05) is 25.1 Å². The standard InChI is InChI=1S/C20H20ClNO5S/c1-2-18(23)14-5-8-16(9-6-14)27-20(24)15-7-10-17(21)19(13-15)28(25,26)22-11-3-4-12-22/h5-10,13H,2-4,11-12H2,1H3. The van der Waals surface area contributed by atoms with E-state index in [0.29, 0.717) is 25.1 Å². The van der Waals surface area contributed by atoms with E-state index in [0.717, 1.165) is 12.8 Å². The molecule has 28 heavy (non-hydrogen) atoms. The van der Waals surface area contributed by atoms with Crippen LogP contribution in [-0.4, -0.2) is 37.6 Å². The van der Waals surface area contributed by atoms with Gasteiger partial charge in [0.05, 0.1) is 10.6 Å². The van der Waals surface area contributed by atoms with Gasteiger partial charge in [-0.2, -0.15) is 4.31 Å². The summed E-state index contributed by atoms with van der Waals surface area (Å²) in [6, 6.07) is 10.3. The van der Waals surface area contributed by atoms with Gasteiger partial charge in [-0.1, -0.05) is 18.5 Å². The third-order valence-corrected chi connectivity index (χ3v) is 6.94. The predicted molar refractivity (Wildman–Crippen MR) is 105 cm³/mol. The highest BCUT2D eigenvalue weighted by atomic mass is 35.5. The van der Waals surface area contributed by atoms with Gasteiger partial charge in [-0.05, 0) is 55.3 Å². The van der Waals surface area contributed by atoms with E-state index < -0.39 is 16.0 Å². The van der Waals surface area contributed by atoms with Crippen LogP contribution in [0.3, 0.4) is 0 Å². The maximum Gasteiger partial charge on any atom is 0.343 e. The van der Waals surface area contributed by atoms with Crippen LogP contribution >= 0.6 is 11.6 Å². The summed E-state index contributed by atoms with van der Waals surface area (Å²) in [6.07, 6.45) is 1.99. The molecule has 2 aromatic rings. The molecule has 1 aliphatic heterocycles. The predicted octanol–water partition coefficient (Wildman–Crippen LogP) is 3.94. The lowest BCUT2D eigenvalue weighted by molar-refractivity contribution is 0.0734. The Labute approximate surface area is 169 Å². The molecule has 0 spiro atoms. The summed E-state index contributed by atoms with van der Waals surface area (Å²) in [5.74, 6) is -0.451. The number of carbonyl (C=O) groups is 2. The van der Waals surface area contributed by atoms with E-state index >= 15 is 0 Å².